The molecule has 1 atom stereocenters. The van der Waals surface area contributed by atoms with E-state index < -0.39 is 6.04 Å². The Morgan fingerprint density at radius 2 is 1.76 bits per heavy atom. The molecule has 1 aromatic rings. The molecule has 2 saturated carbocycles. The molecule has 3 aliphatic heterocycles. The molecular weight excluding hydrogens is 434 g/mol. The Labute approximate surface area is 200 Å². The lowest BCUT2D eigenvalue weighted by Gasteiger charge is -2.53. The van der Waals surface area contributed by atoms with Gasteiger partial charge in [0.1, 0.15) is 11.8 Å². The summed E-state index contributed by atoms with van der Waals surface area (Å²) in [6.07, 6.45) is 9.92. The van der Waals surface area contributed by atoms with Gasteiger partial charge in [-0.3, -0.25) is 19.7 Å². The van der Waals surface area contributed by atoms with Crippen LogP contribution in [-0.2, 0) is 20.9 Å². The first-order valence-electron chi connectivity index (χ1n) is 12.6. The molecule has 8 nitrogen and oxygen atoms in total. The Balaban J connectivity index is 0.000000222. The first-order valence-corrected chi connectivity index (χ1v) is 12.6. The van der Waals surface area contributed by atoms with E-state index in [1.54, 1.807) is 11.0 Å². The minimum absolute atomic E-state index is 0.145. The standard InChI is InChI=1S/C19H22N2O4.C7H13NO/c22-17-9-8-16(18(23)20-17)21-11-12-10-14(6-7-15(12)19(21)24)25-13-4-2-1-3-5-13;1-9-6-2-7(3-6)4-8-5-7/h6-7,10,13,16H,1-5,8-9,11H2,(H,20,22,23);6,8H,2-5H2,1H3. The number of amides is 3. The molecule has 8 heteroatoms. The second-order valence-corrected chi connectivity index (χ2v) is 10.5. The van der Waals surface area contributed by atoms with Crippen LogP contribution in [0.5, 0.6) is 5.75 Å². The summed E-state index contributed by atoms with van der Waals surface area (Å²) >= 11 is 0. The summed E-state index contributed by atoms with van der Waals surface area (Å²) in [5, 5.41) is 5.62. The van der Waals surface area contributed by atoms with Gasteiger partial charge in [0, 0.05) is 44.1 Å². The highest BCUT2D eigenvalue weighted by Gasteiger charge is 2.48. The van der Waals surface area contributed by atoms with Crippen molar-refractivity contribution in [3.05, 3.63) is 29.3 Å². The predicted octanol–water partition coefficient (Wildman–Crippen LogP) is 2.54. The van der Waals surface area contributed by atoms with Gasteiger partial charge in [0.05, 0.1) is 12.2 Å². The lowest BCUT2D eigenvalue weighted by atomic mass is 9.63. The van der Waals surface area contributed by atoms with E-state index in [2.05, 4.69) is 10.6 Å². The quantitative estimate of drug-likeness (QED) is 0.658. The maximum Gasteiger partial charge on any atom is 0.255 e. The fourth-order valence-electron chi connectivity index (χ4n) is 5.84. The minimum Gasteiger partial charge on any atom is -0.490 e. The Morgan fingerprint density at radius 1 is 1.00 bits per heavy atom. The number of carbonyl (C=O) groups is 3. The smallest absolute Gasteiger partial charge is 0.255 e. The number of methoxy groups -OCH3 is 1. The largest absolute Gasteiger partial charge is 0.490 e. The normalized spacial score (nSPS) is 26.2. The zero-order valence-corrected chi connectivity index (χ0v) is 19.9. The van der Waals surface area contributed by atoms with E-state index in [1.165, 1.54) is 45.2 Å². The number of carbonyl (C=O) groups excluding carboxylic acids is 3. The topological polar surface area (TPSA) is 97.0 Å². The van der Waals surface area contributed by atoms with Gasteiger partial charge < -0.3 is 19.7 Å². The van der Waals surface area contributed by atoms with Crippen LogP contribution in [0.2, 0.25) is 0 Å². The van der Waals surface area contributed by atoms with Crippen LogP contribution < -0.4 is 15.4 Å². The van der Waals surface area contributed by atoms with Crippen LogP contribution in [0, 0.1) is 5.41 Å². The van der Waals surface area contributed by atoms with Gasteiger partial charge in [0.25, 0.3) is 5.91 Å². The zero-order valence-electron chi connectivity index (χ0n) is 19.9. The zero-order chi connectivity index (χ0) is 23.7. The second-order valence-electron chi connectivity index (χ2n) is 10.5. The van der Waals surface area contributed by atoms with Crippen LogP contribution >= 0.6 is 0 Å². The lowest BCUT2D eigenvalue weighted by Crippen LogP contribution is -2.62. The van der Waals surface area contributed by atoms with Crippen LogP contribution in [0.15, 0.2) is 18.2 Å². The monoisotopic (exact) mass is 469 g/mol. The number of ether oxygens (including phenoxy) is 2. The van der Waals surface area contributed by atoms with Crippen molar-refractivity contribution >= 4 is 17.7 Å². The van der Waals surface area contributed by atoms with E-state index >= 15 is 0 Å². The van der Waals surface area contributed by atoms with E-state index in [1.807, 2.05) is 19.2 Å². The fourth-order valence-corrected chi connectivity index (χ4v) is 5.84. The van der Waals surface area contributed by atoms with Gasteiger partial charge in [-0.15, -0.1) is 0 Å². The second kappa shape index (κ2) is 9.66. The number of hydrogen-bond acceptors (Lipinski definition) is 6. The fraction of sp³-hybridized carbons (Fsp3) is 0.654. The van der Waals surface area contributed by atoms with E-state index in [0.29, 0.717) is 30.0 Å². The molecule has 2 saturated heterocycles. The maximum absolute atomic E-state index is 12.6. The molecule has 2 N–H and O–H groups in total. The van der Waals surface area contributed by atoms with Gasteiger partial charge in [-0.05, 0) is 68.7 Å². The number of fused-ring (bicyclic) bond motifs is 1. The minimum atomic E-state index is -0.569. The van der Waals surface area contributed by atoms with Crippen molar-refractivity contribution in [2.75, 3.05) is 20.2 Å². The van der Waals surface area contributed by atoms with Crippen LogP contribution in [0.1, 0.15) is 73.7 Å². The summed E-state index contributed by atoms with van der Waals surface area (Å²) in [6.45, 7) is 2.85. The Bertz CT molecular complexity index is 946. The van der Waals surface area contributed by atoms with Crippen molar-refractivity contribution < 1.29 is 23.9 Å². The number of imide groups is 1. The highest BCUT2D eigenvalue weighted by molar-refractivity contribution is 6.05. The molecule has 6 rings (SSSR count). The molecule has 3 heterocycles. The third-order valence-corrected chi connectivity index (χ3v) is 8.00. The van der Waals surface area contributed by atoms with E-state index in [-0.39, 0.29) is 30.2 Å². The number of piperidine rings is 1. The average molecular weight is 470 g/mol. The molecule has 4 fully saturated rings. The highest BCUT2D eigenvalue weighted by Crippen LogP contribution is 2.45. The number of nitrogens with zero attached hydrogens (tertiary/aromatic N) is 1. The maximum atomic E-state index is 12.6. The van der Waals surface area contributed by atoms with Crippen LogP contribution in [-0.4, -0.2) is 61.1 Å². The average Bonchev–Trinajstić information content (AvgIpc) is 3.09. The predicted molar refractivity (Wildman–Crippen MR) is 125 cm³/mol. The van der Waals surface area contributed by atoms with Gasteiger partial charge in [-0.2, -0.15) is 0 Å². The van der Waals surface area contributed by atoms with Crippen molar-refractivity contribution in [3.8, 4) is 5.75 Å². The number of rotatable bonds is 4. The van der Waals surface area contributed by atoms with Crippen molar-refractivity contribution in [1.82, 2.24) is 15.5 Å². The van der Waals surface area contributed by atoms with E-state index in [0.717, 1.165) is 24.2 Å². The molecule has 3 amide bonds. The first kappa shape index (κ1) is 23.3. The highest BCUT2D eigenvalue weighted by atomic mass is 16.5. The first-order chi connectivity index (χ1) is 16.5. The molecule has 34 heavy (non-hydrogen) atoms. The molecule has 0 aromatic heterocycles. The van der Waals surface area contributed by atoms with Gasteiger partial charge in [0.15, 0.2) is 0 Å². The third-order valence-electron chi connectivity index (χ3n) is 8.00. The summed E-state index contributed by atoms with van der Waals surface area (Å²) in [7, 11) is 1.81. The Morgan fingerprint density at radius 3 is 2.41 bits per heavy atom. The number of benzene rings is 1. The molecule has 1 aromatic carbocycles. The van der Waals surface area contributed by atoms with Gasteiger partial charge in [-0.1, -0.05) is 6.42 Å². The van der Waals surface area contributed by atoms with E-state index in [9.17, 15) is 14.4 Å². The van der Waals surface area contributed by atoms with Crippen molar-refractivity contribution in [1.29, 1.82) is 0 Å². The summed E-state index contributed by atoms with van der Waals surface area (Å²) < 4.78 is 11.3. The molecule has 0 radical (unpaired) electrons. The third kappa shape index (κ3) is 4.70. The molecular formula is C26H35N3O5. The molecule has 0 bridgehead atoms. The lowest BCUT2D eigenvalue weighted by molar-refractivity contribution is -0.136. The summed E-state index contributed by atoms with van der Waals surface area (Å²) in [4.78, 5) is 37.6. The summed E-state index contributed by atoms with van der Waals surface area (Å²) in [5.74, 6) is 0.00181. The van der Waals surface area contributed by atoms with E-state index in [4.69, 9.17) is 9.47 Å². The SMILES string of the molecule is COC1CC2(CNC2)C1.O=C1CCC(N2Cc3cc(OC4CCCCC4)ccc3C2=O)C(=O)N1. The molecule has 184 valence electrons. The van der Waals surface area contributed by atoms with Gasteiger partial charge in [0.2, 0.25) is 11.8 Å². The summed E-state index contributed by atoms with van der Waals surface area (Å²) in [6, 6.07) is 5.00. The number of nitrogens with one attached hydrogen (secondary N) is 2. The van der Waals surface area contributed by atoms with Crippen molar-refractivity contribution in [2.24, 2.45) is 5.41 Å². The van der Waals surface area contributed by atoms with Crippen LogP contribution in [0.3, 0.4) is 0 Å². The van der Waals surface area contributed by atoms with Crippen LogP contribution in [0.4, 0.5) is 0 Å². The van der Waals surface area contributed by atoms with Crippen molar-refractivity contribution in [2.45, 2.75) is 82.6 Å². The van der Waals surface area contributed by atoms with Crippen molar-refractivity contribution in [3.63, 3.8) is 0 Å². The summed E-state index contributed by atoms with van der Waals surface area (Å²) in [5.41, 5.74) is 2.20. The Hall–Kier alpha value is -2.45. The number of hydrogen-bond donors (Lipinski definition) is 2. The van der Waals surface area contributed by atoms with Gasteiger partial charge >= 0.3 is 0 Å². The Kier molecular flexibility index (Phi) is 6.62. The van der Waals surface area contributed by atoms with Crippen LogP contribution in [0.25, 0.3) is 0 Å². The molecule has 1 unspecified atom stereocenters. The van der Waals surface area contributed by atoms with Gasteiger partial charge in [-0.25, -0.2) is 0 Å². The molecule has 1 spiro atoms. The molecule has 5 aliphatic rings. The molecule has 2 aliphatic carbocycles.